The van der Waals surface area contributed by atoms with Crippen LogP contribution in [0.1, 0.15) is 37.9 Å². The molecule has 198 valence electrons. The Hall–Kier alpha value is -2.69. The number of aryl methyl sites for hydroxylation is 1. The van der Waals surface area contributed by atoms with Gasteiger partial charge in [0.15, 0.2) is 0 Å². The molecule has 2 aliphatic rings. The number of carbonyl (C=O) groups is 1. The van der Waals surface area contributed by atoms with Gasteiger partial charge in [0.2, 0.25) is 5.91 Å². The maximum Gasteiger partial charge on any atom is 0.222 e. The number of nitrogens with zero attached hydrogens (tertiary/aromatic N) is 6. The molecule has 1 amide bonds. The third-order valence-electron chi connectivity index (χ3n) is 7.11. The highest BCUT2D eigenvalue weighted by atomic mass is 16.5. The van der Waals surface area contributed by atoms with Crippen molar-refractivity contribution in [1.82, 2.24) is 24.8 Å². The van der Waals surface area contributed by atoms with Crippen molar-refractivity contribution in [2.75, 3.05) is 51.8 Å². The molecule has 1 N–H and O–H groups in total. The molecule has 0 saturated heterocycles. The molecular weight excluding hydrogens is 460 g/mol. The van der Waals surface area contributed by atoms with E-state index >= 15 is 0 Å². The van der Waals surface area contributed by atoms with Crippen LogP contribution in [0, 0.1) is 5.92 Å². The van der Waals surface area contributed by atoms with Gasteiger partial charge >= 0.3 is 0 Å². The summed E-state index contributed by atoms with van der Waals surface area (Å²) in [7, 11) is 4.17. The lowest BCUT2D eigenvalue weighted by Crippen LogP contribution is -2.47. The summed E-state index contributed by atoms with van der Waals surface area (Å²) in [6.07, 6.45) is 2.85. The fraction of sp³-hybridized carbons (Fsp3) is 0.654. The molecule has 3 heterocycles. The highest BCUT2D eigenvalue weighted by molar-refractivity contribution is 5.76. The highest BCUT2D eigenvalue weighted by Crippen LogP contribution is 2.31. The minimum Gasteiger partial charge on any atom is -0.490 e. The molecule has 2 aliphatic heterocycles. The van der Waals surface area contributed by atoms with Crippen LogP contribution in [0.3, 0.4) is 0 Å². The van der Waals surface area contributed by atoms with Gasteiger partial charge in [-0.25, -0.2) is 0 Å². The number of rotatable bonds is 6. The molecule has 2 aromatic rings. The van der Waals surface area contributed by atoms with Gasteiger partial charge in [0.25, 0.3) is 0 Å². The van der Waals surface area contributed by atoms with Crippen LogP contribution < -0.4 is 9.64 Å². The summed E-state index contributed by atoms with van der Waals surface area (Å²) >= 11 is 0. The predicted molar refractivity (Wildman–Crippen MR) is 137 cm³/mol. The van der Waals surface area contributed by atoms with Crippen molar-refractivity contribution >= 4 is 11.6 Å². The van der Waals surface area contributed by atoms with Gasteiger partial charge in [-0.3, -0.25) is 14.4 Å². The number of aliphatic hydroxyl groups excluding tert-OH is 1. The monoisotopic (exact) mass is 500 g/mol. The van der Waals surface area contributed by atoms with Crippen LogP contribution in [0.5, 0.6) is 5.75 Å². The van der Waals surface area contributed by atoms with Crippen molar-refractivity contribution in [3.8, 4) is 5.75 Å². The number of hydrogen-bond donors (Lipinski definition) is 1. The summed E-state index contributed by atoms with van der Waals surface area (Å²) in [6, 6.07) is 6.16. The number of ether oxygens (including phenoxy) is 2. The molecule has 10 heteroatoms. The zero-order valence-electron chi connectivity index (χ0n) is 22.0. The predicted octanol–water partition coefficient (Wildman–Crippen LogP) is 1.76. The van der Waals surface area contributed by atoms with Gasteiger partial charge in [-0.2, -0.15) is 0 Å². The molecule has 0 saturated carbocycles. The standard InChI is InChI=1S/C26H40N6O4/c1-19-13-32(20(2)17-33)26(34)6-5-9-31-15-22(27-28-31)18-36-25(19)16-29(3)14-21-7-8-23-24(12-21)35-11-10-30(23)4/h7-8,12,15,19-20,25,33H,5-6,9-11,13-14,16-18H2,1-4H3/t19-,20-,25-/m0/s1. The molecule has 36 heavy (non-hydrogen) atoms. The van der Waals surface area contributed by atoms with E-state index in [1.807, 2.05) is 18.0 Å². The Bertz CT molecular complexity index is 1010. The van der Waals surface area contributed by atoms with Crippen molar-refractivity contribution in [2.24, 2.45) is 5.92 Å². The average molecular weight is 501 g/mol. The van der Waals surface area contributed by atoms with Gasteiger partial charge in [0.05, 0.1) is 43.8 Å². The summed E-state index contributed by atoms with van der Waals surface area (Å²) in [6.45, 7) is 8.49. The van der Waals surface area contributed by atoms with E-state index in [2.05, 4.69) is 59.3 Å². The Morgan fingerprint density at radius 3 is 2.94 bits per heavy atom. The lowest BCUT2D eigenvalue weighted by atomic mass is 10.0. The number of hydrogen-bond acceptors (Lipinski definition) is 8. The normalized spacial score (nSPS) is 22.3. The first-order valence-electron chi connectivity index (χ1n) is 12.9. The average Bonchev–Trinajstić information content (AvgIpc) is 3.31. The Morgan fingerprint density at radius 2 is 2.14 bits per heavy atom. The van der Waals surface area contributed by atoms with Crippen LogP contribution in [0.25, 0.3) is 0 Å². The van der Waals surface area contributed by atoms with Crippen molar-refractivity contribution in [2.45, 2.75) is 58.5 Å². The first-order chi connectivity index (χ1) is 17.3. The van der Waals surface area contributed by atoms with Crippen LogP contribution in [-0.2, 0) is 29.2 Å². The van der Waals surface area contributed by atoms with Gasteiger partial charge in [0.1, 0.15) is 18.1 Å². The first kappa shape index (κ1) is 26.4. The van der Waals surface area contributed by atoms with Gasteiger partial charge in [-0.05, 0) is 38.1 Å². The van der Waals surface area contributed by atoms with Gasteiger partial charge in [-0.1, -0.05) is 18.2 Å². The lowest BCUT2D eigenvalue weighted by Gasteiger charge is -2.35. The molecule has 0 radical (unpaired) electrons. The molecule has 1 aromatic heterocycles. The molecule has 3 atom stereocenters. The summed E-state index contributed by atoms with van der Waals surface area (Å²) < 4.78 is 14.0. The Balaban J connectivity index is 1.48. The number of amides is 1. The number of benzene rings is 1. The van der Waals surface area contributed by atoms with E-state index in [-0.39, 0.29) is 30.6 Å². The van der Waals surface area contributed by atoms with Crippen LogP contribution in [0.4, 0.5) is 5.69 Å². The van der Waals surface area contributed by atoms with E-state index in [9.17, 15) is 9.90 Å². The fourth-order valence-corrected chi connectivity index (χ4v) is 4.88. The molecule has 4 rings (SSSR count). The van der Waals surface area contributed by atoms with E-state index in [4.69, 9.17) is 9.47 Å². The van der Waals surface area contributed by atoms with E-state index in [0.717, 1.165) is 30.2 Å². The Morgan fingerprint density at radius 1 is 1.31 bits per heavy atom. The second-order valence-corrected chi connectivity index (χ2v) is 10.2. The maximum absolute atomic E-state index is 13.0. The molecule has 0 aliphatic carbocycles. The number of carbonyl (C=O) groups excluding carboxylic acids is 1. The number of anilines is 1. The molecule has 0 unspecified atom stereocenters. The third-order valence-corrected chi connectivity index (χ3v) is 7.11. The highest BCUT2D eigenvalue weighted by Gasteiger charge is 2.28. The molecule has 2 bridgehead atoms. The van der Waals surface area contributed by atoms with Gasteiger partial charge in [0, 0.05) is 45.6 Å². The largest absolute Gasteiger partial charge is 0.490 e. The minimum atomic E-state index is -0.241. The quantitative estimate of drug-likeness (QED) is 0.641. The fourth-order valence-electron chi connectivity index (χ4n) is 4.88. The molecule has 10 nitrogen and oxygen atoms in total. The first-order valence-corrected chi connectivity index (χ1v) is 12.9. The van der Waals surface area contributed by atoms with Crippen molar-refractivity contribution < 1.29 is 19.4 Å². The van der Waals surface area contributed by atoms with E-state index in [1.54, 1.807) is 4.68 Å². The van der Waals surface area contributed by atoms with E-state index in [0.29, 0.717) is 45.7 Å². The number of fused-ring (bicyclic) bond motifs is 3. The lowest BCUT2D eigenvalue weighted by molar-refractivity contribution is -0.136. The summed E-state index contributed by atoms with van der Waals surface area (Å²) in [5.74, 6) is 1.03. The molecule has 0 fully saturated rings. The minimum absolute atomic E-state index is 0.0501. The second kappa shape index (κ2) is 12.0. The SMILES string of the molecule is C[C@H]1CN([C@@H](C)CO)C(=O)CCCn2cc(nn2)CO[C@H]1CN(C)Cc1ccc2c(c1)OCCN2C. The molecule has 0 spiro atoms. The number of aliphatic hydroxyl groups is 1. The van der Waals surface area contributed by atoms with Crippen LogP contribution in [-0.4, -0.2) is 94.9 Å². The maximum atomic E-state index is 13.0. The topological polar surface area (TPSA) is 96.2 Å². The van der Waals surface area contributed by atoms with Crippen molar-refractivity contribution in [3.05, 3.63) is 35.7 Å². The zero-order chi connectivity index (χ0) is 25.7. The Kier molecular flexibility index (Phi) is 8.81. The van der Waals surface area contributed by atoms with Crippen LogP contribution in [0.2, 0.25) is 0 Å². The summed E-state index contributed by atoms with van der Waals surface area (Å²) in [5, 5.41) is 18.2. The summed E-state index contributed by atoms with van der Waals surface area (Å²) in [5.41, 5.74) is 3.09. The zero-order valence-corrected chi connectivity index (χ0v) is 22.0. The molecular formula is C26H40N6O4. The Labute approximate surface area is 213 Å². The molecule has 1 aromatic carbocycles. The van der Waals surface area contributed by atoms with Crippen LogP contribution in [0.15, 0.2) is 24.4 Å². The van der Waals surface area contributed by atoms with E-state index < -0.39 is 0 Å². The van der Waals surface area contributed by atoms with Gasteiger partial charge < -0.3 is 24.4 Å². The van der Waals surface area contributed by atoms with Gasteiger partial charge in [-0.15, -0.1) is 5.10 Å². The number of likely N-dealkylation sites (N-methyl/N-ethyl adjacent to an activating group) is 2. The van der Waals surface area contributed by atoms with E-state index in [1.165, 1.54) is 5.56 Å². The number of aromatic nitrogens is 3. The summed E-state index contributed by atoms with van der Waals surface area (Å²) in [4.78, 5) is 19.3. The van der Waals surface area contributed by atoms with Crippen molar-refractivity contribution in [3.63, 3.8) is 0 Å². The third kappa shape index (κ3) is 6.54. The van der Waals surface area contributed by atoms with Crippen LogP contribution >= 0.6 is 0 Å². The second-order valence-electron chi connectivity index (χ2n) is 10.2. The smallest absolute Gasteiger partial charge is 0.222 e. The van der Waals surface area contributed by atoms with Crippen molar-refractivity contribution in [1.29, 1.82) is 0 Å².